The fourth-order valence-corrected chi connectivity index (χ4v) is 3.13. The monoisotopic (exact) mass is 362 g/mol. The van der Waals surface area contributed by atoms with Crippen LogP contribution in [0, 0.1) is 12.8 Å². The minimum Gasteiger partial charge on any atom is -0.337 e. The highest BCUT2D eigenvalue weighted by Crippen LogP contribution is 2.21. The van der Waals surface area contributed by atoms with Gasteiger partial charge in [-0.1, -0.05) is 34.1 Å². The second-order valence-electron chi connectivity index (χ2n) is 5.89. The molecule has 0 aliphatic carbocycles. The van der Waals surface area contributed by atoms with E-state index in [4.69, 9.17) is 0 Å². The predicted molar refractivity (Wildman–Crippen MR) is 88.1 cm³/mol. The topological polar surface area (TPSA) is 51.0 Å². The van der Waals surface area contributed by atoms with Crippen molar-refractivity contribution in [3.8, 4) is 5.69 Å². The minimum absolute atomic E-state index is 0.00866. The van der Waals surface area contributed by atoms with Crippen LogP contribution in [0.5, 0.6) is 0 Å². The quantitative estimate of drug-likeness (QED) is 0.823. The van der Waals surface area contributed by atoms with Gasteiger partial charge in [-0.3, -0.25) is 4.79 Å². The number of hydrogen-bond acceptors (Lipinski definition) is 3. The van der Waals surface area contributed by atoms with E-state index in [1.54, 1.807) is 4.68 Å². The van der Waals surface area contributed by atoms with Gasteiger partial charge in [0.2, 0.25) is 0 Å². The maximum Gasteiger partial charge on any atom is 0.276 e. The molecule has 1 aromatic heterocycles. The standard InChI is InChI=1S/C16H19BrN4O/c1-11-6-8-20(9-7-11)16(22)15-12(2)21(19-18-15)14-5-3-4-13(17)10-14/h3-5,10-11H,6-9H2,1-2H3. The Bertz CT molecular complexity index is 689. The van der Waals surface area contributed by atoms with Crippen LogP contribution >= 0.6 is 15.9 Å². The Hall–Kier alpha value is -1.69. The van der Waals surface area contributed by atoms with Crippen molar-refractivity contribution in [2.24, 2.45) is 5.92 Å². The molecular formula is C16H19BrN4O. The number of rotatable bonds is 2. The lowest BCUT2D eigenvalue weighted by molar-refractivity contribution is 0.0690. The highest BCUT2D eigenvalue weighted by molar-refractivity contribution is 9.10. The second kappa shape index (κ2) is 6.20. The van der Waals surface area contributed by atoms with Crippen molar-refractivity contribution >= 4 is 21.8 Å². The summed E-state index contributed by atoms with van der Waals surface area (Å²) < 4.78 is 2.68. The van der Waals surface area contributed by atoms with E-state index in [1.807, 2.05) is 36.1 Å². The van der Waals surface area contributed by atoms with Crippen molar-refractivity contribution in [3.63, 3.8) is 0 Å². The molecule has 2 heterocycles. The van der Waals surface area contributed by atoms with Crippen molar-refractivity contribution in [3.05, 3.63) is 40.1 Å². The van der Waals surface area contributed by atoms with E-state index in [0.717, 1.165) is 41.8 Å². The normalized spacial score (nSPS) is 16.0. The molecular weight excluding hydrogens is 344 g/mol. The van der Waals surface area contributed by atoms with Gasteiger partial charge in [-0.25, -0.2) is 4.68 Å². The summed E-state index contributed by atoms with van der Waals surface area (Å²) in [6.07, 6.45) is 2.12. The summed E-state index contributed by atoms with van der Waals surface area (Å²) in [4.78, 5) is 14.5. The van der Waals surface area contributed by atoms with E-state index in [0.29, 0.717) is 11.6 Å². The van der Waals surface area contributed by atoms with E-state index in [1.165, 1.54) is 0 Å². The molecule has 1 aromatic carbocycles. The van der Waals surface area contributed by atoms with Crippen LogP contribution in [0.3, 0.4) is 0 Å². The molecule has 1 aliphatic heterocycles. The Morgan fingerprint density at radius 3 is 2.73 bits per heavy atom. The molecule has 0 saturated carbocycles. The molecule has 0 bridgehead atoms. The zero-order valence-electron chi connectivity index (χ0n) is 12.8. The van der Waals surface area contributed by atoms with Crippen molar-refractivity contribution in [2.45, 2.75) is 26.7 Å². The number of nitrogens with zero attached hydrogens (tertiary/aromatic N) is 4. The van der Waals surface area contributed by atoms with Crippen LogP contribution in [-0.2, 0) is 0 Å². The summed E-state index contributed by atoms with van der Waals surface area (Å²) in [6.45, 7) is 5.74. The van der Waals surface area contributed by atoms with E-state index in [9.17, 15) is 4.79 Å². The number of halogens is 1. The second-order valence-corrected chi connectivity index (χ2v) is 6.81. The van der Waals surface area contributed by atoms with Gasteiger partial charge in [0.05, 0.1) is 11.4 Å². The van der Waals surface area contributed by atoms with Crippen molar-refractivity contribution in [1.29, 1.82) is 0 Å². The molecule has 6 heteroatoms. The first-order valence-electron chi connectivity index (χ1n) is 7.54. The lowest BCUT2D eigenvalue weighted by Gasteiger charge is -2.29. The molecule has 0 N–H and O–H groups in total. The minimum atomic E-state index is -0.00866. The largest absolute Gasteiger partial charge is 0.337 e. The highest BCUT2D eigenvalue weighted by Gasteiger charge is 2.26. The van der Waals surface area contributed by atoms with Crippen LogP contribution in [-0.4, -0.2) is 38.9 Å². The van der Waals surface area contributed by atoms with Gasteiger partial charge in [0, 0.05) is 17.6 Å². The molecule has 0 atom stereocenters. The predicted octanol–water partition coefficient (Wildman–Crippen LogP) is 3.21. The van der Waals surface area contributed by atoms with Gasteiger partial charge in [-0.2, -0.15) is 0 Å². The van der Waals surface area contributed by atoms with Crippen molar-refractivity contribution in [1.82, 2.24) is 19.9 Å². The summed E-state index contributed by atoms with van der Waals surface area (Å²) in [7, 11) is 0. The Balaban J connectivity index is 1.85. The molecule has 1 fully saturated rings. The average molecular weight is 363 g/mol. The Morgan fingerprint density at radius 1 is 1.32 bits per heavy atom. The number of amides is 1. The molecule has 2 aromatic rings. The molecule has 1 aliphatic rings. The van der Waals surface area contributed by atoms with Crippen LogP contribution in [0.2, 0.25) is 0 Å². The van der Waals surface area contributed by atoms with Gasteiger partial charge in [0.25, 0.3) is 5.91 Å². The summed E-state index contributed by atoms with van der Waals surface area (Å²) in [5.41, 5.74) is 2.13. The van der Waals surface area contributed by atoms with Gasteiger partial charge in [0.15, 0.2) is 5.69 Å². The van der Waals surface area contributed by atoms with E-state index in [2.05, 4.69) is 33.2 Å². The third kappa shape index (κ3) is 2.92. The smallest absolute Gasteiger partial charge is 0.276 e. The first kappa shape index (κ1) is 15.2. The number of benzene rings is 1. The first-order valence-corrected chi connectivity index (χ1v) is 8.33. The van der Waals surface area contributed by atoms with Crippen LogP contribution < -0.4 is 0 Å². The molecule has 0 unspecified atom stereocenters. The fourth-order valence-electron chi connectivity index (χ4n) is 2.74. The highest BCUT2D eigenvalue weighted by atomic mass is 79.9. The molecule has 5 nitrogen and oxygen atoms in total. The molecule has 3 rings (SSSR count). The fraction of sp³-hybridized carbons (Fsp3) is 0.438. The van der Waals surface area contributed by atoms with Crippen LogP contribution in [0.1, 0.15) is 35.9 Å². The molecule has 0 radical (unpaired) electrons. The SMILES string of the molecule is Cc1c(C(=O)N2CCC(C)CC2)nnn1-c1cccc(Br)c1. The lowest BCUT2D eigenvalue weighted by Crippen LogP contribution is -2.38. The van der Waals surface area contributed by atoms with Gasteiger partial charge in [-0.05, 0) is 43.9 Å². The number of hydrogen-bond donors (Lipinski definition) is 0. The van der Waals surface area contributed by atoms with Gasteiger partial charge in [-0.15, -0.1) is 5.10 Å². The summed E-state index contributed by atoms with van der Waals surface area (Å²) in [6, 6.07) is 7.80. The van der Waals surface area contributed by atoms with Gasteiger partial charge >= 0.3 is 0 Å². The molecule has 116 valence electrons. The zero-order valence-corrected chi connectivity index (χ0v) is 14.4. The number of likely N-dealkylation sites (tertiary alicyclic amines) is 1. The molecule has 22 heavy (non-hydrogen) atoms. The maximum absolute atomic E-state index is 12.6. The van der Waals surface area contributed by atoms with E-state index < -0.39 is 0 Å². The Morgan fingerprint density at radius 2 is 2.05 bits per heavy atom. The summed E-state index contributed by atoms with van der Waals surface area (Å²) >= 11 is 3.45. The van der Waals surface area contributed by atoms with E-state index in [-0.39, 0.29) is 5.91 Å². The maximum atomic E-state index is 12.6. The lowest BCUT2D eigenvalue weighted by atomic mass is 9.99. The number of piperidine rings is 1. The average Bonchev–Trinajstić information content (AvgIpc) is 2.89. The third-order valence-electron chi connectivity index (χ3n) is 4.22. The van der Waals surface area contributed by atoms with Gasteiger partial charge < -0.3 is 4.90 Å². The third-order valence-corrected chi connectivity index (χ3v) is 4.71. The molecule has 1 saturated heterocycles. The van der Waals surface area contributed by atoms with Crippen LogP contribution in [0.25, 0.3) is 5.69 Å². The van der Waals surface area contributed by atoms with Crippen molar-refractivity contribution < 1.29 is 4.79 Å². The van der Waals surface area contributed by atoms with Crippen LogP contribution in [0.15, 0.2) is 28.7 Å². The summed E-state index contributed by atoms with van der Waals surface area (Å²) in [5.74, 6) is 0.688. The number of carbonyl (C=O) groups excluding carboxylic acids is 1. The van der Waals surface area contributed by atoms with Crippen molar-refractivity contribution in [2.75, 3.05) is 13.1 Å². The van der Waals surface area contributed by atoms with Gasteiger partial charge in [0.1, 0.15) is 0 Å². The zero-order chi connectivity index (χ0) is 15.7. The van der Waals surface area contributed by atoms with E-state index >= 15 is 0 Å². The first-order chi connectivity index (χ1) is 10.6. The Labute approximate surface area is 138 Å². The number of carbonyl (C=O) groups is 1. The summed E-state index contributed by atoms with van der Waals surface area (Å²) in [5, 5.41) is 8.28. The molecule has 1 amide bonds. The Kier molecular flexibility index (Phi) is 4.29. The van der Waals surface area contributed by atoms with Crippen LogP contribution in [0.4, 0.5) is 0 Å². The number of aromatic nitrogens is 3. The molecule has 0 spiro atoms.